The van der Waals surface area contributed by atoms with Crippen molar-refractivity contribution in [1.29, 1.82) is 0 Å². The molecular weight excluding hydrogens is 435 g/mol. The number of ketones is 1. The normalized spacial score (nSPS) is 16.0. The van der Waals surface area contributed by atoms with Crippen molar-refractivity contribution in [2.75, 3.05) is 33.4 Å². The van der Waals surface area contributed by atoms with Gasteiger partial charge in [0, 0.05) is 35.9 Å². The zero-order chi connectivity index (χ0) is 24.1. The summed E-state index contributed by atoms with van der Waals surface area (Å²) >= 11 is 0. The van der Waals surface area contributed by atoms with E-state index in [-0.39, 0.29) is 17.5 Å². The number of halogens is 1. The fourth-order valence-electron chi connectivity index (χ4n) is 4.89. The lowest BCUT2D eigenvalue weighted by Crippen LogP contribution is -2.34. The highest BCUT2D eigenvalue weighted by molar-refractivity contribution is 5.80. The molecule has 1 unspecified atom stereocenters. The summed E-state index contributed by atoms with van der Waals surface area (Å²) < 4.78 is 30.5. The molecule has 4 rings (SSSR count). The Hall–Kier alpha value is -2.93. The van der Waals surface area contributed by atoms with Gasteiger partial charge in [-0.3, -0.25) is 0 Å². The molecule has 1 aliphatic heterocycles. The number of piperidine rings is 1. The molecule has 182 valence electrons. The fourth-order valence-corrected chi connectivity index (χ4v) is 4.89. The average molecular weight is 469 g/mol. The lowest BCUT2D eigenvalue weighted by Gasteiger charge is -2.31. The van der Waals surface area contributed by atoms with Crippen molar-refractivity contribution in [1.82, 2.24) is 10.1 Å². The van der Waals surface area contributed by atoms with Crippen molar-refractivity contribution in [2.24, 2.45) is 0 Å². The molecule has 1 saturated heterocycles. The summed E-state index contributed by atoms with van der Waals surface area (Å²) in [5, 5.41) is 5.15. The van der Waals surface area contributed by atoms with Crippen LogP contribution in [0.15, 0.2) is 40.9 Å². The molecule has 2 aromatic carbocycles. The number of aromatic nitrogens is 1. The minimum Gasteiger partial charge on any atom is -0.493 e. The monoisotopic (exact) mass is 468 g/mol. The van der Waals surface area contributed by atoms with E-state index in [1.54, 1.807) is 20.1 Å². The Balaban J connectivity index is 1.28. The van der Waals surface area contributed by atoms with Gasteiger partial charge in [0.15, 0.2) is 17.1 Å². The summed E-state index contributed by atoms with van der Waals surface area (Å²) in [5.41, 5.74) is 2.47. The molecule has 1 atom stereocenters. The summed E-state index contributed by atoms with van der Waals surface area (Å²) in [6.45, 7) is 7.16. The first-order valence-corrected chi connectivity index (χ1v) is 12.0. The maximum Gasteiger partial charge on any atom is 0.170 e. The highest BCUT2D eigenvalue weighted by atomic mass is 19.1. The average Bonchev–Trinajstić information content (AvgIpc) is 3.24. The van der Waals surface area contributed by atoms with Gasteiger partial charge in [0.25, 0.3) is 0 Å². The third kappa shape index (κ3) is 5.58. The molecular formula is C27H33FN2O4. The molecule has 2 heterocycles. The Kier molecular flexibility index (Phi) is 7.83. The van der Waals surface area contributed by atoms with Gasteiger partial charge in [-0.2, -0.15) is 0 Å². The van der Waals surface area contributed by atoms with Crippen molar-refractivity contribution >= 4 is 16.8 Å². The number of benzene rings is 2. The van der Waals surface area contributed by atoms with E-state index in [0.717, 1.165) is 61.3 Å². The van der Waals surface area contributed by atoms with Crippen molar-refractivity contribution in [3.63, 3.8) is 0 Å². The minimum atomic E-state index is -0.305. The van der Waals surface area contributed by atoms with Gasteiger partial charge in [-0.1, -0.05) is 24.2 Å². The van der Waals surface area contributed by atoms with Crippen molar-refractivity contribution < 1.29 is 23.2 Å². The van der Waals surface area contributed by atoms with Crippen LogP contribution in [-0.4, -0.2) is 49.2 Å². The molecule has 34 heavy (non-hydrogen) atoms. The molecule has 0 bridgehead atoms. The molecule has 0 aliphatic carbocycles. The maximum absolute atomic E-state index is 13.4. The van der Waals surface area contributed by atoms with Gasteiger partial charge in [0.05, 0.1) is 19.4 Å². The quantitative estimate of drug-likeness (QED) is 0.355. The molecule has 1 aliphatic rings. The summed E-state index contributed by atoms with van der Waals surface area (Å²) in [6.07, 6.45) is 3.38. The summed E-state index contributed by atoms with van der Waals surface area (Å²) in [5.74, 6) is 1.71. The second kappa shape index (κ2) is 11.0. The van der Waals surface area contributed by atoms with Gasteiger partial charge in [-0.15, -0.1) is 0 Å². The van der Waals surface area contributed by atoms with E-state index in [9.17, 15) is 9.18 Å². The van der Waals surface area contributed by atoms with Crippen molar-refractivity contribution in [2.45, 2.75) is 51.4 Å². The third-order valence-corrected chi connectivity index (χ3v) is 6.66. The lowest BCUT2D eigenvalue weighted by atomic mass is 9.91. The van der Waals surface area contributed by atoms with Gasteiger partial charge in [0.2, 0.25) is 0 Å². The van der Waals surface area contributed by atoms with E-state index in [2.05, 4.69) is 10.1 Å². The van der Waals surface area contributed by atoms with E-state index < -0.39 is 0 Å². The van der Waals surface area contributed by atoms with Crippen LogP contribution in [0.2, 0.25) is 0 Å². The third-order valence-electron chi connectivity index (χ3n) is 6.66. The van der Waals surface area contributed by atoms with Crippen LogP contribution in [0.1, 0.15) is 62.6 Å². The van der Waals surface area contributed by atoms with Crippen LogP contribution in [0.3, 0.4) is 0 Å². The van der Waals surface area contributed by atoms with Gasteiger partial charge < -0.3 is 23.7 Å². The number of nitrogens with zero attached hydrogens (tertiary/aromatic N) is 2. The Morgan fingerprint density at radius 2 is 2.06 bits per heavy atom. The highest BCUT2D eigenvalue weighted by Crippen LogP contribution is 2.37. The maximum atomic E-state index is 13.4. The molecule has 0 amide bonds. The number of fused-ring (bicyclic) bond motifs is 1. The second-order valence-corrected chi connectivity index (χ2v) is 9.21. The van der Waals surface area contributed by atoms with Crippen LogP contribution in [0.5, 0.6) is 11.5 Å². The van der Waals surface area contributed by atoms with E-state index in [0.29, 0.717) is 30.3 Å². The van der Waals surface area contributed by atoms with E-state index in [1.165, 1.54) is 12.1 Å². The zero-order valence-electron chi connectivity index (χ0n) is 20.2. The van der Waals surface area contributed by atoms with Crippen LogP contribution in [0.4, 0.5) is 4.39 Å². The number of carbonyl (C=O) groups is 1. The van der Waals surface area contributed by atoms with Crippen LogP contribution in [0.25, 0.3) is 11.0 Å². The number of carbonyl (C=O) groups excluding carboxylic acids is 1. The number of rotatable bonds is 10. The molecule has 0 spiro atoms. The first kappa shape index (κ1) is 24.2. The van der Waals surface area contributed by atoms with Crippen LogP contribution in [0, 0.1) is 5.82 Å². The summed E-state index contributed by atoms with van der Waals surface area (Å²) in [6, 6.07) is 10.5. The van der Waals surface area contributed by atoms with E-state index in [1.807, 2.05) is 25.1 Å². The number of likely N-dealkylation sites (tertiary alicyclic amines) is 1. The molecule has 3 aromatic rings. The predicted octanol–water partition coefficient (Wildman–Crippen LogP) is 5.71. The Morgan fingerprint density at radius 1 is 1.26 bits per heavy atom. The second-order valence-electron chi connectivity index (χ2n) is 9.21. The SMILES string of the molecule is COc1cccc(C(C)CC(C)=O)c1OCCCN1CCC(c2noc3cc(F)ccc23)CC1. The summed E-state index contributed by atoms with van der Waals surface area (Å²) in [7, 11) is 1.64. The zero-order valence-corrected chi connectivity index (χ0v) is 20.2. The lowest BCUT2D eigenvalue weighted by molar-refractivity contribution is -0.117. The van der Waals surface area contributed by atoms with Crippen LogP contribution < -0.4 is 9.47 Å². The van der Waals surface area contributed by atoms with Crippen LogP contribution in [-0.2, 0) is 4.79 Å². The standard InChI is InChI=1S/C27H33FN2O4/c1-18(16-19(2)31)22-6-4-7-24(32-3)27(22)33-15-5-12-30-13-10-20(11-14-30)26-23-9-8-21(28)17-25(23)34-29-26/h4,6-9,17-18,20H,5,10-16H2,1-3H3. The first-order chi connectivity index (χ1) is 16.5. The van der Waals surface area contributed by atoms with Gasteiger partial charge in [-0.25, -0.2) is 4.39 Å². The minimum absolute atomic E-state index is 0.0748. The number of para-hydroxylation sites is 1. The number of hydrogen-bond acceptors (Lipinski definition) is 6. The van der Waals surface area contributed by atoms with E-state index >= 15 is 0 Å². The number of Topliss-reactive ketones (excluding diaryl/α,β-unsaturated/α-hetero) is 1. The first-order valence-electron chi connectivity index (χ1n) is 12.0. The molecule has 7 heteroatoms. The highest BCUT2D eigenvalue weighted by Gasteiger charge is 2.25. The topological polar surface area (TPSA) is 64.8 Å². The van der Waals surface area contributed by atoms with Crippen molar-refractivity contribution in [3.8, 4) is 11.5 Å². The smallest absolute Gasteiger partial charge is 0.170 e. The molecule has 1 aromatic heterocycles. The van der Waals surface area contributed by atoms with Crippen molar-refractivity contribution in [3.05, 3.63) is 53.5 Å². The largest absolute Gasteiger partial charge is 0.493 e. The summed E-state index contributed by atoms with van der Waals surface area (Å²) in [4.78, 5) is 14.1. The molecule has 0 saturated carbocycles. The Bertz CT molecular complexity index is 1120. The van der Waals surface area contributed by atoms with E-state index in [4.69, 9.17) is 14.0 Å². The van der Waals surface area contributed by atoms with Gasteiger partial charge in [-0.05, 0) is 63.4 Å². The Morgan fingerprint density at radius 3 is 2.79 bits per heavy atom. The molecule has 0 N–H and O–H groups in total. The fraction of sp³-hybridized carbons (Fsp3) is 0.481. The predicted molar refractivity (Wildman–Crippen MR) is 129 cm³/mol. The van der Waals surface area contributed by atoms with Gasteiger partial charge in [0.1, 0.15) is 11.6 Å². The van der Waals surface area contributed by atoms with Crippen LogP contribution >= 0.6 is 0 Å². The van der Waals surface area contributed by atoms with Gasteiger partial charge >= 0.3 is 0 Å². The number of methoxy groups -OCH3 is 1. The number of ether oxygens (including phenoxy) is 2. The molecule has 1 fully saturated rings. The molecule has 0 radical (unpaired) electrons. The molecule has 6 nitrogen and oxygen atoms in total. The Labute approximate surface area is 200 Å². The number of hydrogen-bond donors (Lipinski definition) is 0.